The number of rotatable bonds is 6. The number of guanidine groups is 1. The predicted octanol–water partition coefficient (Wildman–Crippen LogP) is 1.85. The maximum absolute atomic E-state index is 13.1. The molecule has 2 aromatic rings. The minimum atomic E-state index is -1.18. The average molecular weight is 510 g/mol. The summed E-state index contributed by atoms with van der Waals surface area (Å²) in [7, 11) is 0. The summed E-state index contributed by atoms with van der Waals surface area (Å²) in [6, 6.07) is 10.8. The maximum Gasteiger partial charge on any atom is 0.321 e. The lowest BCUT2D eigenvalue weighted by Gasteiger charge is -2.39. The molecular weight excluding hydrogens is 482 g/mol. The van der Waals surface area contributed by atoms with Crippen LogP contribution in [0.4, 0.5) is 5.69 Å². The summed E-state index contributed by atoms with van der Waals surface area (Å²) in [6.45, 7) is 5.51. The van der Waals surface area contributed by atoms with Gasteiger partial charge < -0.3 is 19.1 Å². The van der Waals surface area contributed by atoms with Crippen molar-refractivity contribution in [3.8, 4) is 11.5 Å². The topological polar surface area (TPSA) is 136 Å². The fourth-order valence-electron chi connectivity index (χ4n) is 4.67. The van der Waals surface area contributed by atoms with E-state index in [-0.39, 0.29) is 19.1 Å². The number of hydrogen-bond acceptors (Lipinski definition) is 10. The molecule has 12 heteroatoms. The third-order valence-corrected chi connectivity index (χ3v) is 6.60. The largest absolute Gasteiger partial charge is 0.465 e. The molecule has 1 saturated heterocycles. The number of ether oxygens (including phenoxy) is 3. The van der Waals surface area contributed by atoms with Gasteiger partial charge in [-0.25, -0.2) is 4.99 Å². The molecule has 0 spiro atoms. The Bertz CT molecular complexity index is 1220. The molecule has 1 fully saturated rings. The van der Waals surface area contributed by atoms with E-state index in [1.807, 2.05) is 23.1 Å². The molecule has 0 aliphatic carbocycles. The molecule has 2 atom stereocenters. The number of piperazine rings is 1. The van der Waals surface area contributed by atoms with Gasteiger partial charge in [0, 0.05) is 44.9 Å². The molecule has 3 heterocycles. The highest BCUT2D eigenvalue weighted by atomic mass is 16.7. The number of nitro groups is 1. The molecule has 0 radical (unpaired) electrons. The van der Waals surface area contributed by atoms with E-state index in [4.69, 9.17) is 19.2 Å². The van der Waals surface area contributed by atoms with Gasteiger partial charge in [0.2, 0.25) is 18.7 Å². The highest BCUT2D eigenvalue weighted by molar-refractivity contribution is 6.08. The van der Waals surface area contributed by atoms with Crippen LogP contribution in [0.1, 0.15) is 24.1 Å². The average Bonchev–Trinajstić information content (AvgIpc) is 3.37. The normalized spacial score (nSPS) is 21.3. The Hall–Kier alpha value is -4.19. The number of carbonyl (C=O) groups is 2. The highest BCUT2D eigenvalue weighted by Gasteiger charge is 2.42. The summed E-state index contributed by atoms with van der Waals surface area (Å²) in [4.78, 5) is 45.3. The number of nitrogens with one attached hydrogen (secondary N) is 1. The first-order valence-corrected chi connectivity index (χ1v) is 12.1. The summed E-state index contributed by atoms with van der Waals surface area (Å²) >= 11 is 0. The number of aliphatic imine (C=N–C) groups is 1. The number of amides is 1. The fourth-order valence-corrected chi connectivity index (χ4v) is 4.67. The fraction of sp³-hybridized carbons (Fsp3) is 0.400. The third kappa shape index (κ3) is 5.19. The van der Waals surface area contributed by atoms with Crippen LogP contribution in [0.5, 0.6) is 11.5 Å². The van der Waals surface area contributed by atoms with Crippen molar-refractivity contribution < 1.29 is 28.7 Å². The van der Waals surface area contributed by atoms with Gasteiger partial charge in [-0.15, -0.1) is 0 Å². The Balaban J connectivity index is 1.30. The number of nitrogens with zero attached hydrogens (tertiary/aromatic N) is 4. The molecule has 12 nitrogen and oxygen atoms in total. The Morgan fingerprint density at radius 1 is 1.14 bits per heavy atom. The van der Waals surface area contributed by atoms with Crippen molar-refractivity contribution >= 4 is 23.5 Å². The van der Waals surface area contributed by atoms with Crippen molar-refractivity contribution in [3.05, 3.63) is 63.7 Å². The second-order valence-corrected chi connectivity index (χ2v) is 8.92. The zero-order chi connectivity index (χ0) is 25.9. The van der Waals surface area contributed by atoms with Gasteiger partial charge in [0.25, 0.3) is 5.69 Å². The van der Waals surface area contributed by atoms with Gasteiger partial charge in [-0.3, -0.25) is 29.9 Å². The number of fused-ring (bicyclic) bond motifs is 1. The van der Waals surface area contributed by atoms with Gasteiger partial charge in [0.15, 0.2) is 17.4 Å². The lowest BCUT2D eigenvalue weighted by Crippen LogP contribution is -2.57. The van der Waals surface area contributed by atoms with E-state index in [2.05, 4.69) is 10.2 Å². The molecule has 2 aromatic carbocycles. The molecule has 3 aliphatic heterocycles. The summed E-state index contributed by atoms with van der Waals surface area (Å²) in [6.07, 6.45) is 0. The summed E-state index contributed by atoms with van der Waals surface area (Å²) < 4.78 is 16.0. The Kier molecular flexibility index (Phi) is 6.91. The summed E-state index contributed by atoms with van der Waals surface area (Å²) in [5.41, 5.74) is 1.56. The maximum atomic E-state index is 13.1. The van der Waals surface area contributed by atoms with Crippen LogP contribution in [0.3, 0.4) is 0 Å². The Labute approximate surface area is 212 Å². The van der Waals surface area contributed by atoms with Crippen LogP contribution in [-0.4, -0.2) is 72.1 Å². The van der Waals surface area contributed by atoms with Crippen LogP contribution < -0.4 is 14.8 Å². The van der Waals surface area contributed by atoms with E-state index in [0.29, 0.717) is 24.6 Å². The van der Waals surface area contributed by atoms with Crippen LogP contribution in [-0.2, 0) is 20.9 Å². The monoisotopic (exact) mass is 509 g/mol. The first-order valence-electron chi connectivity index (χ1n) is 12.1. The second-order valence-electron chi connectivity index (χ2n) is 8.92. The SMILES string of the molecule is CCOC(=O)[C@H]1C(=O)NC(N2CCN(Cc3ccc4c(c3)OCO4)CC2)=N[C@H]1c1ccc([N+](=O)[O-])cc1. The Morgan fingerprint density at radius 2 is 1.86 bits per heavy atom. The Morgan fingerprint density at radius 3 is 2.57 bits per heavy atom. The molecule has 1 amide bonds. The second kappa shape index (κ2) is 10.4. The van der Waals surface area contributed by atoms with Crippen molar-refractivity contribution in [2.45, 2.75) is 19.5 Å². The van der Waals surface area contributed by atoms with Crippen LogP contribution in [0.2, 0.25) is 0 Å². The van der Waals surface area contributed by atoms with Crippen molar-refractivity contribution in [1.82, 2.24) is 15.1 Å². The molecule has 0 saturated carbocycles. The minimum Gasteiger partial charge on any atom is -0.465 e. The van der Waals surface area contributed by atoms with Gasteiger partial charge in [-0.2, -0.15) is 0 Å². The van der Waals surface area contributed by atoms with Crippen molar-refractivity contribution in [2.75, 3.05) is 39.6 Å². The van der Waals surface area contributed by atoms with Crippen LogP contribution in [0, 0.1) is 16.0 Å². The van der Waals surface area contributed by atoms with Gasteiger partial charge in [0.1, 0.15) is 6.04 Å². The van der Waals surface area contributed by atoms with Crippen LogP contribution >= 0.6 is 0 Å². The summed E-state index contributed by atoms with van der Waals surface area (Å²) in [5.74, 6) is -0.476. The van der Waals surface area contributed by atoms with Crippen molar-refractivity contribution in [1.29, 1.82) is 0 Å². The first-order chi connectivity index (χ1) is 17.9. The van der Waals surface area contributed by atoms with Gasteiger partial charge >= 0.3 is 5.97 Å². The minimum absolute atomic E-state index is 0.0838. The van der Waals surface area contributed by atoms with E-state index in [1.54, 1.807) is 6.92 Å². The number of non-ortho nitro benzene ring substituents is 1. The van der Waals surface area contributed by atoms with E-state index < -0.39 is 28.8 Å². The third-order valence-electron chi connectivity index (χ3n) is 6.60. The molecule has 0 unspecified atom stereocenters. The number of carbonyl (C=O) groups excluding carboxylic acids is 2. The lowest BCUT2D eigenvalue weighted by atomic mass is 9.91. The predicted molar refractivity (Wildman–Crippen MR) is 131 cm³/mol. The van der Waals surface area contributed by atoms with Crippen molar-refractivity contribution in [2.24, 2.45) is 10.9 Å². The number of esters is 1. The molecular formula is C25H27N5O7. The number of benzene rings is 2. The molecule has 0 aromatic heterocycles. The van der Waals surface area contributed by atoms with E-state index in [9.17, 15) is 19.7 Å². The molecule has 3 aliphatic rings. The zero-order valence-corrected chi connectivity index (χ0v) is 20.3. The van der Waals surface area contributed by atoms with Gasteiger partial charge in [-0.1, -0.05) is 18.2 Å². The lowest BCUT2D eigenvalue weighted by molar-refractivity contribution is -0.384. The standard InChI is InChI=1S/C25H27N5O7/c1-2-35-24(32)21-22(17-4-6-18(7-5-17)30(33)34)26-25(27-23(21)31)29-11-9-28(10-12-29)14-16-3-8-19-20(13-16)37-15-36-19/h3-8,13,21-22H,2,9-12,14-15H2,1H3,(H,26,27,31)/t21-,22+/m1/s1. The van der Waals surface area contributed by atoms with Gasteiger partial charge in [0.05, 0.1) is 11.5 Å². The molecule has 1 N–H and O–H groups in total. The smallest absolute Gasteiger partial charge is 0.321 e. The number of hydrogen-bond donors (Lipinski definition) is 1. The first kappa shape index (κ1) is 24.5. The van der Waals surface area contributed by atoms with Crippen LogP contribution in [0.15, 0.2) is 47.5 Å². The molecule has 5 rings (SSSR count). The highest BCUT2D eigenvalue weighted by Crippen LogP contribution is 2.34. The molecule has 194 valence electrons. The van der Waals surface area contributed by atoms with Crippen molar-refractivity contribution in [3.63, 3.8) is 0 Å². The van der Waals surface area contributed by atoms with E-state index in [1.165, 1.54) is 24.3 Å². The van der Waals surface area contributed by atoms with Gasteiger partial charge in [-0.05, 0) is 30.2 Å². The zero-order valence-electron chi connectivity index (χ0n) is 20.3. The number of nitro benzene ring substituents is 1. The van der Waals surface area contributed by atoms with E-state index in [0.717, 1.165) is 36.7 Å². The molecule has 37 heavy (non-hydrogen) atoms. The molecule has 0 bridgehead atoms. The van der Waals surface area contributed by atoms with Crippen LogP contribution in [0.25, 0.3) is 0 Å². The van der Waals surface area contributed by atoms with E-state index >= 15 is 0 Å². The summed E-state index contributed by atoms with van der Waals surface area (Å²) in [5, 5.41) is 13.8. The quantitative estimate of drug-likeness (QED) is 0.268.